The first-order chi connectivity index (χ1) is 5.72. The number of azide groups is 1. The van der Waals surface area contributed by atoms with Gasteiger partial charge in [-0.2, -0.15) is 0 Å². The number of nitrogens with two attached hydrogens (primary N) is 2. The lowest BCUT2D eigenvalue weighted by Gasteiger charge is -2.04. The maximum absolute atomic E-state index is 10.8. The topological polar surface area (TPSA) is 118 Å². The molecule has 0 unspecified atom stereocenters. The van der Waals surface area contributed by atoms with Crippen LogP contribution in [0.4, 0.5) is 0 Å². The van der Waals surface area contributed by atoms with Crippen molar-refractivity contribution in [1.29, 1.82) is 0 Å². The number of rotatable bonds is 5. The van der Waals surface area contributed by atoms with Gasteiger partial charge in [-0.1, -0.05) is 6.42 Å². The van der Waals surface area contributed by atoms with Gasteiger partial charge in [-0.15, -0.1) is 0 Å². The van der Waals surface area contributed by atoms with Gasteiger partial charge >= 0.3 is 0 Å². The van der Waals surface area contributed by atoms with E-state index in [0.717, 1.165) is 12.8 Å². The van der Waals surface area contributed by atoms with Crippen molar-refractivity contribution < 1.29 is 4.79 Å². The molecule has 1 amide bonds. The summed E-state index contributed by atoms with van der Waals surface area (Å²) in [6.45, 7) is 0.586. The Balaban J connectivity index is 3.63. The molecular weight excluding hydrogens is 158 g/mol. The predicted molar refractivity (Wildman–Crippen MR) is 45.0 cm³/mol. The fraction of sp³-hybridized carbons (Fsp3) is 0.833. The molecule has 0 radical (unpaired) electrons. The first-order valence-electron chi connectivity index (χ1n) is 3.77. The van der Waals surface area contributed by atoms with Crippen molar-refractivity contribution in [2.24, 2.45) is 16.6 Å². The first kappa shape index (κ1) is 10.9. The van der Waals surface area contributed by atoms with Gasteiger partial charge in [-0.25, -0.2) is 0 Å². The molecule has 0 aliphatic rings. The van der Waals surface area contributed by atoms with Crippen LogP contribution in [0, 0.1) is 0 Å². The standard InChI is InChI=1S/C6H13N5O/c7-4-2-1-3-5(8)6(12)10-11-9/h5H,1-4,7-8H2/t5-/m0/s1. The van der Waals surface area contributed by atoms with E-state index in [-0.39, 0.29) is 0 Å². The van der Waals surface area contributed by atoms with Crippen molar-refractivity contribution in [3.63, 3.8) is 0 Å². The number of carbonyl (C=O) groups excluding carboxylic acids is 1. The van der Waals surface area contributed by atoms with Crippen LogP contribution in [0.5, 0.6) is 0 Å². The SMILES string of the molecule is [N-]=[N+]=NC(=O)[C@@H](N)CCCCN. The monoisotopic (exact) mass is 171 g/mol. The number of nitrogens with zero attached hydrogens (tertiary/aromatic N) is 3. The van der Waals surface area contributed by atoms with E-state index >= 15 is 0 Å². The minimum Gasteiger partial charge on any atom is -0.330 e. The summed E-state index contributed by atoms with van der Waals surface area (Å²) in [6, 6.07) is -0.674. The van der Waals surface area contributed by atoms with Crippen LogP contribution in [-0.2, 0) is 4.79 Å². The molecule has 0 spiro atoms. The maximum Gasteiger partial charge on any atom is 0.235 e. The number of unbranched alkanes of at least 4 members (excludes halogenated alkanes) is 1. The summed E-state index contributed by atoms with van der Waals surface area (Å²) in [7, 11) is 0. The summed E-state index contributed by atoms with van der Waals surface area (Å²) < 4.78 is 0. The Morgan fingerprint density at radius 1 is 1.58 bits per heavy atom. The van der Waals surface area contributed by atoms with Gasteiger partial charge in [0.25, 0.3) is 0 Å². The number of amides is 1. The van der Waals surface area contributed by atoms with Crippen LogP contribution in [0.25, 0.3) is 10.4 Å². The molecule has 68 valence electrons. The Kier molecular flexibility index (Phi) is 6.00. The van der Waals surface area contributed by atoms with Gasteiger partial charge in [0, 0.05) is 4.91 Å². The van der Waals surface area contributed by atoms with E-state index in [1.165, 1.54) is 0 Å². The maximum atomic E-state index is 10.8. The number of hydrogen-bond donors (Lipinski definition) is 2. The highest BCUT2D eigenvalue weighted by Crippen LogP contribution is 1.99. The molecule has 12 heavy (non-hydrogen) atoms. The molecule has 0 aliphatic heterocycles. The molecule has 6 heteroatoms. The fourth-order valence-corrected chi connectivity index (χ4v) is 0.750. The third kappa shape index (κ3) is 4.68. The molecule has 0 rings (SSSR count). The summed E-state index contributed by atoms with van der Waals surface area (Å²) in [4.78, 5) is 13.1. The Hall–Kier alpha value is -1.10. The summed E-state index contributed by atoms with van der Waals surface area (Å²) in [5.41, 5.74) is 18.5. The Bertz CT molecular complexity index is 186. The second kappa shape index (κ2) is 6.60. The van der Waals surface area contributed by atoms with Crippen LogP contribution in [-0.4, -0.2) is 18.5 Å². The number of hydrogen-bond acceptors (Lipinski definition) is 3. The minimum atomic E-state index is -0.674. The van der Waals surface area contributed by atoms with E-state index in [9.17, 15) is 4.79 Å². The summed E-state index contributed by atoms with van der Waals surface area (Å²) in [6.07, 6.45) is 2.14. The van der Waals surface area contributed by atoms with E-state index in [4.69, 9.17) is 17.0 Å². The van der Waals surface area contributed by atoms with Crippen LogP contribution in [0.15, 0.2) is 5.11 Å². The molecule has 0 saturated carbocycles. The Labute approximate surface area is 70.5 Å². The quantitative estimate of drug-likeness (QED) is 0.267. The van der Waals surface area contributed by atoms with E-state index in [1.807, 2.05) is 0 Å². The van der Waals surface area contributed by atoms with Crippen molar-refractivity contribution in [2.45, 2.75) is 25.3 Å². The Morgan fingerprint density at radius 3 is 2.75 bits per heavy atom. The van der Waals surface area contributed by atoms with E-state index in [0.29, 0.717) is 13.0 Å². The zero-order valence-electron chi connectivity index (χ0n) is 6.81. The highest BCUT2D eigenvalue weighted by Gasteiger charge is 2.09. The normalized spacial score (nSPS) is 11.8. The summed E-state index contributed by atoms with van der Waals surface area (Å²) in [5, 5.41) is 2.89. The third-order valence-electron chi connectivity index (χ3n) is 1.43. The van der Waals surface area contributed by atoms with Gasteiger partial charge < -0.3 is 11.5 Å². The van der Waals surface area contributed by atoms with Gasteiger partial charge in [0.1, 0.15) is 0 Å². The lowest BCUT2D eigenvalue weighted by molar-refractivity contribution is -0.119. The Morgan fingerprint density at radius 2 is 2.25 bits per heavy atom. The van der Waals surface area contributed by atoms with Gasteiger partial charge in [0.2, 0.25) is 5.91 Å². The molecule has 0 aromatic rings. The molecule has 0 aromatic heterocycles. The lowest BCUT2D eigenvalue weighted by Crippen LogP contribution is -2.28. The van der Waals surface area contributed by atoms with Gasteiger partial charge in [0.05, 0.1) is 6.04 Å². The van der Waals surface area contributed by atoms with Crippen molar-refractivity contribution in [3.05, 3.63) is 10.4 Å². The molecule has 6 nitrogen and oxygen atoms in total. The summed E-state index contributed by atoms with van der Waals surface area (Å²) >= 11 is 0. The lowest BCUT2D eigenvalue weighted by atomic mass is 10.1. The highest BCUT2D eigenvalue weighted by molar-refractivity contribution is 5.82. The van der Waals surface area contributed by atoms with E-state index in [2.05, 4.69) is 10.0 Å². The highest BCUT2D eigenvalue weighted by atomic mass is 16.2. The van der Waals surface area contributed by atoms with Gasteiger partial charge in [0.15, 0.2) is 0 Å². The van der Waals surface area contributed by atoms with Crippen molar-refractivity contribution in [2.75, 3.05) is 6.54 Å². The largest absolute Gasteiger partial charge is 0.330 e. The average molecular weight is 171 g/mol. The van der Waals surface area contributed by atoms with Gasteiger partial charge in [-0.05, 0) is 30.0 Å². The molecule has 0 saturated heterocycles. The zero-order valence-corrected chi connectivity index (χ0v) is 6.81. The molecular formula is C6H13N5O. The molecule has 0 aromatic carbocycles. The van der Waals surface area contributed by atoms with Crippen molar-refractivity contribution in [1.82, 2.24) is 0 Å². The van der Waals surface area contributed by atoms with Crippen LogP contribution in [0.1, 0.15) is 19.3 Å². The second-order valence-corrected chi connectivity index (χ2v) is 2.42. The van der Waals surface area contributed by atoms with Crippen LogP contribution >= 0.6 is 0 Å². The van der Waals surface area contributed by atoms with E-state index in [1.54, 1.807) is 0 Å². The fourth-order valence-electron chi connectivity index (χ4n) is 0.750. The predicted octanol–water partition coefficient (Wildman–Crippen LogP) is 0.280. The smallest absolute Gasteiger partial charge is 0.235 e. The first-order valence-corrected chi connectivity index (χ1v) is 3.77. The number of carbonyl (C=O) groups is 1. The molecule has 4 N–H and O–H groups in total. The van der Waals surface area contributed by atoms with Crippen molar-refractivity contribution >= 4 is 5.91 Å². The summed E-state index contributed by atoms with van der Waals surface area (Å²) in [5.74, 6) is -0.602. The van der Waals surface area contributed by atoms with E-state index < -0.39 is 11.9 Å². The van der Waals surface area contributed by atoms with Crippen LogP contribution in [0.2, 0.25) is 0 Å². The molecule has 1 atom stereocenters. The molecule has 0 fully saturated rings. The average Bonchev–Trinajstić information content (AvgIpc) is 2.05. The van der Waals surface area contributed by atoms with Crippen LogP contribution < -0.4 is 11.5 Å². The molecule has 0 heterocycles. The van der Waals surface area contributed by atoms with Crippen LogP contribution in [0.3, 0.4) is 0 Å². The second-order valence-electron chi connectivity index (χ2n) is 2.42. The molecule has 0 bridgehead atoms. The third-order valence-corrected chi connectivity index (χ3v) is 1.43. The minimum absolute atomic E-state index is 0.523. The van der Waals surface area contributed by atoms with Crippen molar-refractivity contribution in [3.8, 4) is 0 Å². The van der Waals surface area contributed by atoms with Gasteiger partial charge in [-0.3, -0.25) is 4.79 Å². The molecule has 0 aliphatic carbocycles. The zero-order chi connectivity index (χ0) is 9.40.